The highest BCUT2D eigenvalue weighted by Crippen LogP contribution is 2.21. The van der Waals surface area contributed by atoms with E-state index in [2.05, 4.69) is 5.32 Å². The summed E-state index contributed by atoms with van der Waals surface area (Å²) < 4.78 is 4.99. The van der Waals surface area contributed by atoms with E-state index in [0.717, 1.165) is 11.1 Å². The Labute approximate surface area is 150 Å². The third-order valence-corrected chi connectivity index (χ3v) is 3.97. The maximum Gasteiger partial charge on any atom is 0.310 e. The molecule has 1 amide bonds. The number of rotatable bonds is 6. The Bertz CT molecular complexity index is 716. The molecule has 0 bridgehead atoms. The van der Waals surface area contributed by atoms with Crippen molar-refractivity contribution in [2.24, 2.45) is 0 Å². The fraction of sp³-hybridized carbons (Fsp3) is 0.222. The number of ether oxygens (including phenoxy) is 1. The van der Waals surface area contributed by atoms with E-state index in [9.17, 15) is 9.59 Å². The zero-order valence-electron chi connectivity index (χ0n) is 13.1. The summed E-state index contributed by atoms with van der Waals surface area (Å²) in [6.45, 7) is 1.48. The highest BCUT2D eigenvalue weighted by Gasteiger charge is 2.14. The summed E-state index contributed by atoms with van der Waals surface area (Å²) in [6, 6.07) is 13.8. The zero-order chi connectivity index (χ0) is 17.5. The molecule has 0 heterocycles. The van der Waals surface area contributed by atoms with Crippen LogP contribution in [0.15, 0.2) is 48.5 Å². The number of carbonyl (C=O) groups excluding carboxylic acids is 2. The van der Waals surface area contributed by atoms with Crippen molar-refractivity contribution in [3.05, 3.63) is 69.7 Å². The lowest BCUT2D eigenvalue weighted by molar-refractivity contribution is -0.148. The Balaban J connectivity index is 1.79. The van der Waals surface area contributed by atoms with Gasteiger partial charge in [-0.05, 0) is 36.2 Å². The van der Waals surface area contributed by atoms with Gasteiger partial charge in [0.25, 0.3) is 5.91 Å². The first-order valence-electron chi connectivity index (χ1n) is 7.39. The van der Waals surface area contributed by atoms with Gasteiger partial charge in [-0.15, -0.1) is 0 Å². The molecule has 2 aromatic rings. The van der Waals surface area contributed by atoms with Gasteiger partial charge in [-0.2, -0.15) is 0 Å². The molecule has 0 aromatic heterocycles. The van der Waals surface area contributed by atoms with Crippen LogP contribution in [0.1, 0.15) is 24.1 Å². The van der Waals surface area contributed by atoms with Crippen LogP contribution in [-0.4, -0.2) is 18.5 Å². The van der Waals surface area contributed by atoms with Crippen LogP contribution >= 0.6 is 23.2 Å². The van der Waals surface area contributed by atoms with Crippen molar-refractivity contribution in [1.82, 2.24) is 5.32 Å². The fourth-order valence-corrected chi connectivity index (χ4v) is 2.58. The van der Waals surface area contributed by atoms with Crippen molar-refractivity contribution in [2.75, 3.05) is 6.61 Å². The molecule has 0 saturated carbocycles. The van der Waals surface area contributed by atoms with Crippen LogP contribution in [0.5, 0.6) is 0 Å². The van der Waals surface area contributed by atoms with Crippen LogP contribution in [0, 0.1) is 0 Å². The van der Waals surface area contributed by atoms with Crippen molar-refractivity contribution in [3.8, 4) is 0 Å². The predicted octanol–water partition coefficient (Wildman–Crippen LogP) is 3.96. The molecule has 24 heavy (non-hydrogen) atoms. The second-order valence-electron chi connectivity index (χ2n) is 5.27. The molecule has 1 atom stereocenters. The first-order valence-corrected chi connectivity index (χ1v) is 8.15. The molecular formula is C18H17Cl2NO3. The molecule has 0 saturated heterocycles. The van der Waals surface area contributed by atoms with Crippen LogP contribution in [0.3, 0.4) is 0 Å². The number of esters is 1. The summed E-state index contributed by atoms with van der Waals surface area (Å²) >= 11 is 11.9. The number of carbonyl (C=O) groups is 2. The quantitative estimate of drug-likeness (QED) is 0.788. The summed E-state index contributed by atoms with van der Waals surface area (Å²) in [5.41, 5.74) is 1.58. The lowest BCUT2D eigenvalue weighted by Gasteiger charge is -2.15. The van der Waals surface area contributed by atoms with Gasteiger partial charge in [0.15, 0.2) is 6.61 Å². The number of benzene rings is 2. The average molecular weight is 366 g/mol. The minimum Gasteiger partial charge on any atom is -0.455 e. The molecular weight excluding hydrogens is 349 g/mol. The highest BCUT2D eigenvalue weighted by atomic mass is 35.5. The first-order chi connectivity index (χ1) is 11.5. The van der Waals surface area contributed by atoms with E-state index in [1.807, 2.05) is 25.1 Å². The topological polar surface area (TPSA) is 55.4 Å². The molecule has 0 spiro atoms. The van der Waals surface area contributed by atoms with Gasteiger partial charge in [-0.3, -0.25) is 9.59 Å². The number of amides is 1. The Kier molecular flexibility index (Phi) is 6.64. The van der Waals surface area contributed by atoms with Crippen LogP contribution in [0.2, 0.25) is 10.0 Å². The molecule has 4 nitrogen and oxygen atoms in total. The number of hydrogen-bond acceptors (Lipinski definition) is 3. The Hall–Kier alpha value is -2.04. The predicted molar refractivity (Wildman–Crippen MR) is 94.1 cm³/mol. The largest absolute Gasteiger partial charge is 0.455 e. The van der Waals surface area contributed by atoms with E-state index in [4.69, 9.17) is 27.9 Å². The maximum atomic E-state index is 11.9. The third-order valence-electron chi connectivity index (χ3n) is 3.38. The number of halogens is 2. The zero-order valence-corrected chi connectivity index (χ0v) is 14.6. The van der Waals surface area contributed by atoms with E-state index < -0.39 is 5.97 Å². The smallest absolute Gasteiger partial charge is 0.310 e. The van der Waals surface area contributed by atoms with Crippen molar-refractivity contribution < 1.29 is 14.3 Å². The number of hydrogen-bond donors (Lipinski definition) is 1. The second kappa shape index (κ2) is 8.71. The highest BCUT2D eigenvalue weighted by molar-refractivity contribution is 6.31. The first kappa shape index (κ1) is 18.3. The summed E-state index contributed by atoms with van der Waals surface area (Å²) in [5, 5.41) is 3.92. The summed E-state index contributed by atoms with van der Waals surface area (Å²) in [4.78, 5) is 23.6. The van der Waals surface area contributed by atoms with Gasteiger partial charge < -0.3 is 10.1 Å². The Morgan fingerprint density at radius 3 is 2.42 bits per heavy atom. The standard InChI is InChI=1S/C18H17Cl2NO3/c1-12(15-4-2-3-5-16(15)20)21-17(22)11-24-18(23)10-13-6-8-14(19)9-7-13/h2-9,12H,10-11H2,1H3,(H,21,22)/t12-/m1/s1. The lowest BCUT2D eigenvalue weighted by Crippen LogP contribution is -2.31. The maximum absolute atomic E-state index is 11.9. The number of nitrogens with one attached hydrogen (secondary N) is 1. The molecule has 1 N–H and O–H groups in total. The Morgan fingerprint density at radius 1 is 1.08 bits per heavy atom. The summed E-state index contributed by atoms with van der Waals surface area (Å²) in [5.74, 6) is -0.857. The normalized spacial score (nSPS) is 11.6. The molecule has 6 heteroatoms. The molecule has 0 aliphatic carbocycles. The summed E-state index contributed by atoms with van der Waals surface area (Å²) in [7, 11) is 0. The van der Waals surface area contributed by atoms with Gasteiger partial charge in [0, 0.05) is 10.0 Å². The van der Waals surface area contributed by atoms with Gasteiger partial charge in [0.2, 0.25) is 0 Å². The average Bonchev–Trinajstić information content (AvgIpc) is 2.55. The summed E-state index contributed by atoms with van der Waals surface area (Å²) in [6.07, 6.45) is 0.0878. The molecule has 0 fully saturated rings. The van der Waals surface area contributed by atoms with Gasteiger partial charge >= 0.3 is 5.97 Å². The van der Waals surface area contributed by atoms with E-state index in [0.29, 0.717) is 10.0 Å². The van der Waals surface area contributed by atoms with Crippen LogP contribution in [0.25, 0.3) is 0 Å². The molecule has 0 aliphatic heterocycles. The van der Waals surface area contributed by atoms with E-state index in [1.54, 1.807) is 30.3 Å². The van der Waals surface area contributed by atoms with Crippen LogP contribution in [-0.2, 0) is 20.7 Å². The minimum atomic E-state index is -0.474. The van der Waals surface area contributed by atoms with E-state index in [-0.39, 0.29) is 25.0 Å². The van der Waals surface area contributed by atoms with Crippen molar-refractivity contribution in [2.45, 2.75) is 19.4 Å². The van der Waals surface area contributed by atoms with Gasteiger partial charge in [-0.1, -0.05) is 53.5 Å². The van der Waals surface area contributed by atoms with Gasteiger partial charge in [0.1, 0.15) is 0 Å². The molecule has 2 rings (SSSR count). The van der Waals surface area contributed by atoms with Crippen molar-refractivity contribution >= 4 is 35.1 Å². The lowest BCUT2D eigenvalue weighted by atomic mass is 10.1. The minimum absolute atomic E-state index is 0.0878. The van der Waals surface area contributed by atoms with Crippen LogP contribution in [0.4, 0.5) is 0 Å². The van der Waals surface area contributed by atoms with Crippen molar-refractivity contribution in [3.63, 3.8) is 0 Å². The van der Waals surface area contributed by atoms with Crippen molar-refractivity contribution in [1.29, 1.82) is 0 Å². The van der Waals surface area contributed by atoms with Gasteiger partial charge in [0.05, 0.1) is 12.5 Å². The molecule has 0 radical (unpaired) electrons. The second-order valence-corrected chi connectivity index (χ2v) is 6.12. The van der Waals surface area contributed by atoms with Gasteiger partial charge in [-0.25, -0.2) is 0 Å². The fourth-order valence-electron chi connectivity index (χ4n) is 2.15. The Morgan fingerprint density at radius 2 is 1.75 bits per heavy atom. The third kappa shape index (κ3) is 5.55. The van der Waals surface area contributed by atoms with E-state index >= 15 is 0 Å². The molecule has 126 valence electrons. The molecule has 2 aromatic carbocycles. The monoisotopic (exact) mass is 365 g/mol. The SMILES string of the molecule is C[C@@H](NC(=O)COC(=O)Cc1ccc(Cl)cc1)c1ccccc1Cl. The molecule has 0 aliphatic rings. The molecule has 0 unspecified atom stereocenters. The van der Waals surface area contributed by atoms with Crippen LogP contribution < -0.4 is 5.32 Å². The van der Waals surface area contributed by atoms with E-state index in [1.165, 1.54) is 0 Å².